The maximum atomic E-state index is 13.7. The molecule has 1 amide bonds. The number of nitrogens with zero attached hydrogens (tertiary/aromatic N) is 3. The van der Waals surface area contributed by atoms with Crippen LogP contribution in [0.3, 0.4) is 0 Å². The summed E-state index contributed by atoms with van der Waals surface area (Å²) in [4.78, 5) is 35.3. The molecule has 2 N–H and O–H groups in total. The van der Waals surface area contributed by atoms with Crippen molar-refractivity contribution in [3.8, 4) is 6.01 Å². The van der Waals surface area contributed by atoms with Crippen LogP contribution in [0, 0.1) is 5.82 Å². The zero-order valence-corrected chi connectivity index (χ0v) is 21.7. The molecule has 5 rings (SSSR count). The van der Waals surface area contributed by atoms with Crippen molar-refractivity contribution in [2.75, 3.05) is 37.4 Å². The number of aromatic nitrogens is 2. The van der Waals surface area contributed by atoms with E-state index in [2.05, 4.69) is 20.6 Å². The van der Waals surface area contributed by atoms with Gasteiger partial charge in [0.1, 0.15) is 17.7 Å². The first-order valence-electron chi connectivity index (χ1n) is 12.3. The minimum absolute atomic E-state index is 0.0213. The number of nitrogens with one attached hydrogen (secondary N) is 2. The van der Waals surface area contributed by atoms with Gasteiger partial charge in [-0.15, -0.1) is 0 Å². The molecule has 0 unspecified atom stereocenters. The molecule has 1 atom stereocenters. The van der Waals surface area contributed by atoms with Crippen molar-refractivity contribution in [2.24, 2.45) is 0 Å². The summed E-state index contributed by atoms with van der Waals surface area (Å²) in [5, 5.41) is 6.78. The van der Waals surface area contributed by atoms with Gasteiger partial charge in [-0.25, -0.2) is 4.39 Å². The number of esters is 1. The van der Waals surface area contributed by atoms with E-state index in [9.17, 15) is 14.0 Å². The highest BCUT2D eigenvalue weighted by Gasteiger charge is 2.28. The van der Waals surface area contributed by atoms with E-state index in [1.54, 1.807) is 12.1 Å². The molecule has 1 saturated heterocycles. The molecule has 2 heterocycles. The fourth-order valence-corrected chi connectivity index (χ4v) is 4.62. The summed E-state index contributed by atoms with van der Waals surface area (Å²) in [6.07, 6.45) is 5.07. The molecule has 3 aromatic rings. The monoisotopic (exact) mass is 539 g/mol. The Bertz CT molecular complexity index is 1430. The Labute approximate surface area is 224 Å². The van der Waals surface area contributed by atoms with Crippen LogP contribution in [0.2, 0.25) is 5.02 Å². The van der Waals surface area contributed by atoms with E-state index >= 15 is 0 Å². The minimum Gasteiger partial charge on any atom is -0.467 e. The van der Waals surface area contributed by atoms with Crippen LogP contribution in [0.5, 0.6) is 6.01 Å². The highest BCUT2D eigenvalue weighted by molar-refractivity contribution is 6.31. The quantitative estimate of drug-likeness (QED) is 0.311. The first kappa shape index (κ1) is 25.9. The van der Waals surface area contributed by atoms with E-state index in [0.29, 0.717) is 47.1 Å². The SMILES string of the molecule is COc1nc(Nc2ccc(F)c(Cl)c2)c2cc(NC(=O)C=CCN3CC(=O)O[C@H](C)C3)c(C3CC3)cc2n1. The van der Waals surface area contributed by atoms with E-state index in [-0.39, 0.29) is 35.6 Å². The lowest BCUT2D eigenvalue weighted by molar-refractivity contribution is -0.156. The Morgan fingerprint density at radius 3 is 2.82 bits per heavy atom. The summed E-state index contributed by atoms with van der Waals surface area (Å²) in [6.45, 7) is 3.12. The molecule has 1 saturated carbocycles. The number of cyclic esters (lactones) is 1. The van der Waals surface area contributed by atoms with Gasteiger partial charge in [-0.2, -0.15) is 9.97 Å². The summed E-state index contributed by atoms with van der Waals surface area (Å²) >= 11 is 5.96. The van der Waals surface area contributed by atoms with E-state index in [1.807, 2.05) is 24.0 Å². The van der Waals surface area contributed by atoms with Crippen molar-refractivity contribution >= 4 is 51.6 Å². The standard InChI is InChI=1S/C27H27ClFN5O4/c1-15-13-34(14-25(36)38-15)9-3-4-24(35)31-22-12-19-23(11-18(22)16-5-6-16)32-27(37-2)33-26(19)30-17-7-8-21(29)20(28)10-17/h3-4,7-8,10-12,15-16H,5-6,9,13-14H2,1-2H3,(H,31,35)(H,30,32,33)/t15-/m1/s1. The van der Waals surface area contributed by atoms with Crippen LogP contribution in [0.1, 0.15) is 31.2 Å². The van der Waals surface area contributed by atoms with Crippen molar-refractivity contribution in [1.29, 1.82) is 0 Å². The fourth-order valence-electron chi connectivity index (χ4n) is 4.44. The average Bonchev–Trinajstić information content (AvgIpc) is 3.71. The highest BCUT2D eigenvalue weighted by Crippen LogP contribution is 2.45. The summed E-state index contributed by atoms with van der Waals surface area (Å²) in [6, 6.07) is 8.24. The molecular weight excluding hydrogens is 513 g/mol. The number of benzene rings is 2. The molecule has 1 aliphatic carbocycles. The number of ether oxygens (including phenoxy) is 2. The third-order valence-corrected chi connectivity index (χ3v) is 6.61. The lowest BCUT2D eigenvalue weighted by atomic mass is 10.0. The lowest BCUT2D eigenvalue weighted by Crippen LogP contribution is -2.44. The molecule has 11 heteroatoms. The molecular formula is C27H27ClFN5O4. The summed E-state index contributed by atoms with van der Waals surface area (Å²) in [5.41, 5.74) is 2.84. The predicted molar refractivity (Wildman–Crippen MR) is 143 cm³/mol. The van der Waals surface area contributed by atoms with Gasteiger partial charge in [-0.1, -0.05) is 17.7 Å². The number of fused-ring (bicyclic) bond motifs is 1. The van der Waals surface area contributed by atoms with Gasteiger partial charge in [0.05, 0.1) is 24.2 Å². The predicted octanol–water partition coefficient (Wildman–Crippen LogP) is 4.79. The van der Waals surface area contributed by atoms with Crippen molar-refractivity contribution in [1.82, 2.24) is 14.9 Å². The normalized spacial score (nSPS) is 18.0. The van der Waals surface area contributed by atoms with Gasteiger partial charge < -0.3 is 20.1 Å². The second kappa shape index (κ2) is 10.9. The van der Waals surface area contributed by atoms with Crippen LogP contribution in [-0.2, 0) is 14.3 Å². The molecule has 38 heavy (non-hydrogen) atoms. The molecule has 0 bridgehead atoms. The molecule has 9 nitrogen and oxygen atoms in total. The number of morpholine rings is 1. The number of methoxy groups -OCH3 is 1. The topological polar surface area (TPSA) is 106 Å². The van der Waals surface area contributed by atoms with Gasteiger partial charge >= 0.3 is 12.0 Å². The Balaban J connectivity index is 1.41. The molecule has 2 aliphatic rings. The van der Waals surface area contributed by atoms with E-state index in [0.717, 1.165) is 18.4 Å². The fraction of sp³-hybridized carbons (Fsp3) is 0.333. The van der Waals surface area contributed by atoms with Crippen LogP contribution in [0.4, 0.5) is 21.6 Å². The van der Waals surface area contributed by atoms with Crippen LogP contribution < -0.4 is 15.4 Å². The largest absolute Gasteiger partial charge is 0.467 e. The zero-order valence-electron chi connectivity index (χ0n) is 21.0. The minimum atomic E-state index is -0.524. The molecule has 1 aromatic heterocycles. The number of carbonyl (C=O) groups is 2. The Kier molecular flexibility index (Phi) is 7.44. The number of rotatable bonds is 8. The van der Waals surface area contributed by atoms with Gasteiger partial charge in [-0.05, 0) is 61.6 Å². The number of amides is 1. The molecule has 2 aromatic carbocycles. The number of halogens is 2. The summed E-state index contributed by atoms with van der Waals surface area (Å²) < 4.78 is 24.1. The van der Waals surface area contributed by atoms with Crippen LogP contribution in [0.25, 0.3) is 10.9 Å². The Morgan fingerprint density at radius 2 is 2.11 bits per heavy atom. The van der Waals surface area contributed by atoms with Crippen molar-refractivity contribution in [3.05, 3.63) is 58.9 Å². The van der Waals surface area contributed by atoms with Gasteiger partial charge in [0.15, 0.2) is 0 Å². The van der Waals surface area contributed by atoms with E-state index in [4.69, 9.17) is 21.1 Å². The summed E-state index contributed by atoms with van der Waals surface area (Å²) in [7, 11) is 1.48. The van der Waals surface area contributed by atoms with Gasteiger partial charge in [0, 0.05) is 35.9 Å². The van der Waals surface area contributed by atoms with Crippen LogP contribution in [-0.4, -0.2) is 59.6 Å². The zero-order chi connectivity index (χ0) is 26.8. The Hall–Kier alpha value is -3.76. The van der Waals surface area contributed by atoms with Gasteiger partial charge in [-0.3, -0.25) is 14.5 Å². The number of anilines is 3. The van der Waals surface area contributed by atoms with Crippen molar-refractivity contribution in [2.45, 2.75) is 31.8 Å². The average molecular weight is 540 g/mol. The summed E-state index contributed by atoms with van der Waals surface area (Å²) in [5.74, 6) is -0.322. The van der Waals surface area contributed by atoms with Gasteiger partial charge in [0.25, 0.3) is 0 Å². The Morgan fingerprint density at radius 1 is 1.29 bits per heavy atom. The van der Waals surface area contributed by atoms with Crippen molar-refractivity contribution in [3.63, 3.8) is 0 Å². The third-order valence-electron chi connectivity index (χ3n) is 6.32. The second-order valence-corrected chi connectivity index (χ2v) is 9.84. The second-order valence-electron chi connectivity index (χ2n) is 9.43. The van der Waals surface area contributed by atoms with Gasteiger partial charge in [0.2, 0.25) is 5.91 Å². The molecule has 2 fully saturated rings. The maximum absolute atomic E-state index is 13.7. The lowest BCUT2D eigenvalue weighted by Gasteiger charge is -2.29. The molecule has 0 radical (unpaired) electrons. The highest BCUT2D eigenvalue weighted by atomic mass is 35.5. The number of carbonyl (C=O) groups excluding carboxylic acids is 2. The smallest absolute Gasteiger partial charge is 0.320 e. The van der Waals surface area contributed by atoms with Crippen LogP contribution >= 0.6 is 11.6 Å². The van der Waals surface area contributed by atoms with Crippen molar-refractivity contribution < 1.29 is 23.5 Å². The number of hydrogen-bond acceptors (Lipinski definition) is 8. The number of hydrogen-bond donors (Lipinski definition) is 2. The maximum Gasteiger partial charge on any atom is 0.320 e. The van der Waals surface area contributed by atoms with Crippen LogP contribution in [0.15, 0.2) is 42.5 Å². The van der Waals surface area contributed by atoms with E-state index in [1.165, 1.54) is 25.3 Å². The first-order valence-corrected chi connectivity index (χ1v) is 12.7. The molecule has 198 valence electrons. The molecule has 1 aliphatic heterocycles. The molecule has 0 spiro atoms. The first-order chi connectivity index (χ1) is 18.3. The van der Waals surface area contributed by atoms with E-state index < -0.39 is 5.82 Å². The third kappa shape index (κ3) is 6.03.